The van der Waals surface area contributed by atoms with E-state index in [0.717, 1.165) is 11.1 Å². The van der Waals surface area contributed by atoms with Crippen LogP contribution in [0.4, 0.5) is 11.5 Å². The van der Waals surface area contributed by atoms with Gasteiger partial charge in [-0.3, -0.25) is 19.7 Å². The van der Waals surface area contributed by atoms with Crippen molar-refractivity contribution in [1.29, 1.82) is 5.26 Å². The molecule has 1 aromatic heterocycles. The van der Waals surface area contributed by atoms with Crippen molar-refractivity contribution in [2.45, 2.75) is 45.7 Å². The van der Waals surface area contributed by atoms with Crippen molar-refractivity contribution in [2.75, 3.05) is 5.73 Å². The topological polar surface area (TPSA) is 145 Å². The Balaban J connectivity index is 2.10. The Morgan fingerprint density at radius 1 is 1.14 bits per heavy atom. The molecular formula is C25H25N7O3. The molecule has 1 aliphatic rings. The number of nitrogen functional groups attached to an aromatic ring is 1. The Morgan fingerprint density at radius 2 is 1.74 bits per heavy atom. The number of non-ortho nitro benzene ring substituents is 1. The minimum absolute atomic E-state index is 0.0114. The van der Waals surface area contributed by atoms with E-state index in [0.29, 0.717) is 11.5 Å². The van der Waals surface area contributed by atoms with Crippen LogP contribution >= 0.6 is 0 Å². The predicted molar refractivity (Wildman–Crippen MR) is 134 cm³/mol. The average Bonchev–Trinajstić information content (AvgIpc) is 3.06. The van der Waals surface area contributed by atoms with Gasteiger partial charge in [0.15, 0.2) is 11.5 Å². The molecule has 1 unspecified atom stereocenters. The number of nitriles is 1. The van der Waals surface area contributed by atoms with Crippen LogP contribution in [-0.4, -0.2) is 31.1 Å². The molecule has 1 aliphatic heterocycles. The first-order valence-corrected chi connectivity index (χ1v) is 10.9. The molecule has 0 bridgehead atoms. The minimum Gasteiger partial charge on any atom is -0.383 e. The van der Waals surface area contributed by atoms with Crippen LogP contribution in [0.15, 0.2) is 63.3 Å². The van der Waals surface area contributed by atoms with Crippen LogP contribution in [-0.2, 0) is 5.54 Å². The van der Waals surface area contributed by atoms with Gasteiger partial charge in [0.25, 0.3) is 5.69 Å². The monoisotopic (exact) mass is 471 g/mol. The van der Waals surface area contributed by atoms with Gasteiger partial charge in [-0.15, -0.1) is 0 Å². The Morgan fingerprint density at radius 3 is 2.26 bits per heavy atom. The van der Waals surface area contributed by atoms with E-state index in [4.69, 9.17) is 10.7 Å². The highest BCUT2D eigenvalue weighted by molar-refractivity contribution is 6.21. The number of anilines is 1. The number of hydrogen-bond donors (Lipinski definition) is 1. The number of nitro benzene ring substituents is 1. The Labute approximate surface area is 201 Å². The van der Waals surface area contributed by atoms with Crippen LogP contribution in [0.1, 0.15) is 44.5 Å². The highest BCUT2D eigenvalue weighted by Crippen LogP contribution is 2.36. The lowest BCUT2D eigenvalue weighted by Crippen LogP contribution is -2.50. The fourth-order valence-corrected chi connectivity index (χ4v) is 4.17. The van der Waals surface area contributed by atoms with Gasteiger partial charge in [0.2, 0.25) is 0 Å². The minimum atomic E-state index is -1.17. The van der Waals surface area contributed by atoms with Gasteiger partial charge in [0.05, 0.1) is 16.1 Å². The van der Waals surface area contributed by atoms with Crippen molar-refractivity contribution in [3.63, 3.8) is 0 Å². The van der Waals surface area contributed by atoms with Crippen molar-refractivity contribution in [3.8, 4) is 11.8 Å². The summed E-state index contributed by atoms with van der Waals surface area (Å²) in [5, 5.41) is 21.0. The molecule has 0 aliphatic carbocycles. The number of amidine groups is 1. The van der Waals surface area contributed by atoms with Gasteiger partial charge < -0.3 is 5.73 Å². The summed E-state index contributed by atoms with van der Waals surface area (Å²) >= 11 is 0. The number of rotatable bonds is 3. The van der Waals surface area contributed by atoms with Crippen LogP contribution in [0, 0.1) is 28.4 Å². The molecule has 3 aromatic rings. The number of nitro groups is 1. The molecule has 1 atom stereocenters. The van der Waals surface area contributed by atoms with Gasteiger partial charge >= 0.3 is 5.69 Å². The molecular weight excluding hydrogens is 446 g/mol. The number of imidazole rings is 1. The lowest BCUT2D eigenvalue weighted by molar-refractivity contribution is -0.384. The van der Waals surface area contributed by atoms with Gasteiger partial charge in [0.1, 0.15) is 23.1 Å². The summed E-state index contributed by atoms with van der Waals surface area (Å²) in [6.45, 7) is 9.51. The molecule has 4 rings (SSSR count). The summed E-state index contributed by atoms with van der Waals surface area (Å²) in [5.74, 6) is 0.318. The molecule has 0 radical (unpaired) electrons. The van der Waals surface area contributed by atoms with E-state index < -0.39 is 21.7 Å². The highest BCUT2D eigenvalue weighted by atomic mass is 16.6. The maximum atomic E-state index is 14.0. The van der Waals surface area contributed by atoms with Gasteiger partial charge in [-0.2, -0.15) is 5.26 Å². The van der Waals surface area contributed by atoms with E-state index in [-0.39, 0.29) is 22.9 Å². The first-order chi connectivity index (χ1) is 16.4. The zero-order valence-electron chi connectivity index (χ0n) is 20.1. The summed E-state index contributed by atoms with van der Waals surface area (Å²) in [4.78, 5) is 33.9. The highest BCUT2D eigenvalue weighted by Gasteiger charge is 2.45. The normalized spacial score (nSPS) is 18.6. The summed E-state index contributed by atoms with van der Waals surface area (Å²) in [6.07, 6.45) is 0. The van der Waals surface area contributed by atoms with Crippen molar-refractivity contribution in [3.05, 3.63) is 86.0 Å². The van der Waals surface area contributed by atoms with Crippen molar-refractivity contribution >= 4 is 23.1 Å². The number of aryl methyl sites for hydroxylation is 1. The molecule has 2 N–H and O–H groups in total. The fraction of sp³-hybridized carbons (Fsp3) is 0.280. The molecule has 0 amide bonds. The SMILES string of the molecule is Cc1ccc(C2(C)C(=NC(C)(C)C)N=C(C#N)c3c(N)n(-c4ccc([N+](=O)[O-])cc4)c(=O)n32)cc1. The third-order valence-electron chi connectivity index (χ3n) is 5.89. The number of aromatic nitrogens is 2. The first-order valence-electron chi connectivity index (χ1n) is 10.9. The molecule has 2 heterocycles. The quantitative estimate of drug-likeness (QED) is 0.457. The van der Waals surface area contributed by atoms with Crippen LogP contribution in [0.5, 0.6) is 0 Å². The van der Waals surface area contributed by atoms with Gasteiger partial charge in [-0.05, 0) is 52.3 Å². The maximum Gasteiger partial charge on any atom is 0.336 e. The van der Waals surface area contributed by atoms with Gasteiger partial charge in [-0.1, -0.05) is 29.8 Å². The molecule has 0 fully saturated rings. The maximum absolute atomic E-state index is 14.0. The molecule has 2 aromatic carbocycles. The van der Waals surface area contributed by atoms with Gasteiger partial charge in [-0.25, -0.2) is 14.4 Å². The third-order valence-corrected chi connectivity index (χ3v) is 5.89. The fourth-order valence-electron chi connectivity index (χ4n) is 4.17. The first kappa shape index (κ1) is 23.6. The number of benzene rings is 2. The summed E-state index contributed by atoms with van der Waals surface area (Å²) in [6, 6.07) is 15.2. The largest absolute Gasteiger partial charge is 0.383 e. The van der Waals surface area contributed by atoms with Crippen molar-refractivity contribution < 1.29 is 4.92 Å². The molecule has 0 spiro atoms. The zero-order chi connectivity index (χ0) is 25.7. The summed E-state index contributed by atoms with van der Waals surface area (Å²) in [7, 11) is 0. The van der Waals surface area contributed by atoms with Crippen LogP contribution in [0.2, 0.25) is 0 Å². The molecule has 0 saturated carbocycles. The molecule has 10 nitrogen and oxygen atoms in total. The number of aliphatic imine (C=N–C) groups is 2. The van der Waals surface area contributed by atoms with Crippen LogP contribution in [0.25, 0.3) is 5.69 Å². The number of hydrogen-bond acceptors (Lipinski definition) is 6. The second-order valence-corrected chi connectivity index (χ2v) is 9.58. The summed E-state index contributed by atoms with van der Waals surface area (Å²) in [5.41, 5.74) is 6.36. The van der Waals surface area contributed by atoms with E-state index >= 15 is 0 Å². The predicted octanol–water partition coefficient (Wildman–Crippen LogP) is 3.72. The van der Waals surface area contributed by atoms with E-state index in [9.17, 15) is 20.2 Å². The second kappa shape index (κ2) is 8.06. The Hall–Kier alpha value is -4.52. The molecule has 10 heteroatoms. The smallest absolute Gasteiger partial charge is 0.336 e. The summed E-state index contributed by atoms with van der Waals surface area (Å²) < 4.78 is 2.68. The number of fused-ring (bicyclic) bond motifs is 1. The standard InChI is InChI=1S/C25H25N7O3/c1-15-6-8-16(9-7-15)25(5)22(29-24(2,3)4)28-19(14-26)20-21(27)30(23(33)31(20)25)17-10-12-18(13-11-17)32(34)35/h6-13H,27H2,1-5H3. The average molecular weight is 472 g/mol. The van der Waals surface area contributed by atoms with E-state index in [2.05, 4.69) is 11.1 Å². The number of nitrogens with zero attached hydrogens (tertiary/aromatic N) is 6. The third kappa shape index (κ3) is 3.81. The Bertz CT molecular complexity index is 1500. The molecule has 35 heavy (non-hydrogen) atoms. The number of nitrogens with two attached hydrogens (primary N) is 1. The van der Waals surface area contributed by atoms with E-state index in [1.807, 2.05) is 58.9 Å². The molecule has 178 valence electrons. The van der Waals surface area contributed by atoms with Crippen LogP contribution in [0.3, 0.4) is 0 Å². The second-order valence-electron chi connectivity index (χ2n) is 9.58. The zero-order valence-corrected chi connectivity index (χ0v) is 20.1. The van der Waals surface area contributed by atoms with Gasteiger partial charge in [0, 0.05) is 12.1 Å². The van der Waals surface area contributed by atoms with E-state index in [1.54, 1.807) is 0 Å². The van der Waals surface area contributed by atoms with Crippen molar-refractivity contribution in [2.24, 2.45) is 9.98 Å². The lowest BCUT2D eigenvalue weighted by Gasteiger charge is -2.36. The van der Waals surface area contributed by atoms with Crippen LogP contribution < -0.4 is 11.4 Å². The van der Waals surface area contributed by atoms with E-state index in [1.165, 1.54) is 33.4 Å². The van der Waals surface area contributed by atoms with Crippen molar-refractivity contribution in [1.82, 2.24) is 9.13 Å². The Kier molecular flexibility index (Phi) is 5.44. The molecule has 0 saturated heterocycles. The lowest BCUT2D eigenvalue weighted by atomic mass is 9.87.